The molecular weight excluding hydrogens is 236 g/mol. The van der Waals surface area contributed by atoms with Gasteiger partial charge in [-0.1, -0.05) is 6.92 Å². The topological polar surface area (TPSA) is 79.4 Å². The standard InChI is InChI=1S/C10H12N6S/c1-2-3-12-10-13-5-8(17-10)6-16-7-14-9(4-11)15-16/h5,7H,2-3,6H2,1H3,(H,12,13). The van der Waals surface area contributed by atoms with Gasteiger partial charge in [-0.2, -0.15) is 5.26 Å². The Morgan fingerprint density at radius 2 is 2.41 bits per heavy atom. The second-order valence-corrected chi connectivity index (χ2v) is 4.55. The summed E-state index contributed by atoms with van der Waals surface area (Å²) in [6, 6.07) is 1.90. The number of hydrogen-bond donors (Lipinski definition) is 1. The van der Waals surface area contributed by atoms with Crippen LogP contribution in [0.2, 0.25) is 0 Å². The summed E-state index contributed by atoms with van der Waals surface area (Å²) in [5, 5.41) is 16.8. The lowest BCUT2D eigenvalue weighted by molar-refractivity contribution is 0.689. The first kappa shape index (κ1) is 11.5. The highest BCUT2D eigenvalue weighted by Gasteiger charge is 2.04. The van der Waals surface area contributed by atoms with Crippen LogP contribution < -0.4 is 5.32 Å². The van der Waals surface area contributed by atoms with Crippen molar-refractivity contribution in [3.63, 3.8) is 0 Å². The van der Waals surface area contributed by atoms with Crippen molar-refractivity contribution in [2.75, 3.05) is 11.9 Å². The Balaban J connectivity index is 1.99. The molecular formula is C10H12N6S. The summed E-state index contributed by atoms with van der Waals surface area (Å²) >= 11 is 1.59. The second kappa shape index (κ2) is 5.41. The van der Waals surface area contributed by atoms with Crippen molar-refractivity contribution in [1.29, 1.82) is 5.26 Å². The van der Waals surface area contributed by atoms with E-state index in [4.69, 9.17) is 5.26 Å². The molecule has 0 aromatic carbocycles. The molecule has 0 fully saturated rings. The minimum absolute atomic E-state index is 0.193. The van der Waals surface area contributed by atoms with E-state index < -0.39 is 0 Å². The summed E-state index contributed by atoms with van der Waals surface area (Å²) in [5.74, 6) is 0.193. The van der Waals surface area contributed by atoms with Crippen LogP contribution in [0.5, 0.6) is 0 Å². The predicted octanol–water partition coefficient (Wildman–Crippen LogP) is 1.48. The molecule has 0 amide bonds. The van der Waals surface area contributed by atoms with Gasteiger partial charge >= 0.3 is 0 Å². The number of anilines is 1. The Morgan fingerprint density at radius 1 is 1.53 bits per heavy atom. The molecule has 17 heavy (non-hydrogen) atoms. The monoisotopic (exact) mass is 248 g/mol. The maximum absolute atomic E-state index is 8.61. The quantitative estimate of drug-likeness (QED) is 0.866. The Morgan fingerprint density at radius 3 is 3.12 bits per heavy atom. The van der Waals surface area contributed by atoms with Crippen LogP contribution in [0.3, 0.4) is 0 Å². The minimum atomic E-state index is 0.193. The molecule has 0 unspecified atom stereocenters. The number of aromatic nitrogens is 4. The van der Waals surface area contributed by atoms with Crippen LogP contribution in [0.25, 0.3) is 0 Å². The molecule has 88 valence electrons. The van der Waals surface area contributed by atoms with Gasteiger partial charge in [0.1, 0.15) is 12.4 Å². The maximum atomic E-state index is 8.61. The van der Waals surface area contributed by atoms with E-state index in [-0.39, 0.29) is 5.82 Å². The molecule has 0 spiro atoms. The SMILES string of the molecule is CCCNc1ncc(Cn2cnc(C#N)n2)s1. The normalized spacial score (nSPS) is 10.1. The van der Waals surface area contributed by atoms with E-state index in [1.165, 1.54) is 0 Å². The van der Waals surface area contributed by atoms with Crippen LogP contribution in [-0.2, 0) is 6.54 Å². The van der Waals surface area contributed by atoms with Crippen LogP contribution in [0.1, 0.15) is 24.0 Å². The third-order valence-corrected chi connectivity index (χ3v) is 2.97. The molecule has 0 bridgehead atoms. The van der Waals surface area contributed by atoms with E-state index in [0.29, 0.717) is 6.54 Å². The molecule has 2 rings (SSSR count). The van der Waals surface area contributed by atoms with Crippen molar-refractivity contribution >= 4 is 16.5 Å². The molecule has 0 atom stereocenters. The Bertz CT molecular complexity index is 523. The number of nitriles is 1. The highest BCUT2D eigenvalue weighted by Crippen LogP contribution is 2.18. The van der Waals surface area contributed by atoms with Gasteiger partial charge in [-0.25, -0.2) is 14.6 Å². The molecule has 0 saturated carbocycles. The number of nitrogens with zero attached hydrogens (tertiary/aromatic N) is 5. The first-order valence-electron chi connectivity index (χ1n) is 5.30. The van der Waals surface area contributed by atoms with Crippen molar-refractivity contribution in [2.45, 2.75) is 19.9 Å². The molecule has 2 aromatic heterocycles. The third-order valence-electron chi connectivity index (χ3n) is 2.03. The molecule has 0 aliphatic rings. The van der Waals surface area contributed by atoms with Gasteiger partial charge in [-0.15, -0.1) is 16.4 Å². The van der Waals surface area contributed by atoms with Gasteiger partial charge in [0.15, 0.2) is 5.13 Å². The summed E-state index contributed by atoms with van der Waals surface area (Å²) in [6.45, 7) is 3.63. The molecule has 6 nitrogen and oxygen atoms in total. The average molecular weight is 248 g/mol. The van der Waals surface area contributed by atoms with Crippen molar-refractivity contribution in [2.24, 2.45) is 0 Å². The molecule has 0 radical (unpaired) electrons. The molecule has 2 aromatic rings. The first-order chi connectivity index (χ1) is 8.31. The second-order valence-electron chi connectivity index (χ2n) is 3.44. The minimum Gasteiger partial charge on any atom is -0.362 e. The fourth-order valence-electron chi connectivity index (χ4n) is 1.28. The van der Waals surface area contributed by atoms with Gasteiger partial charge in [0.05, 0.1) is 6.54 Å². The number of nitrogens with one attached hydrogen (secondary N) is 1. The van der Waals surface area contributed by atoms with Crippen LogP contribution in [0.15, 0.2) is 12.5 Å². The number of hydrogen-bond acceptors (Lipinski definition) is 6. The summed E-state index contributed by atoms with van der Waals surface area (Å²) in [6.07, 6.45) is 4.44. The third kappa shape index (κ3) is 3.01. The van der Waals surface area contributed by atoms with Crippen LogP contribution >= 0.6 is 11.3 Å². The average Bonchev–Trinajstić information content (AvgIpc) is 2.96. The fraction of sp³-hybridized carbons (Fsp3) is 0.400. The fourth-order valence-corrected chi connectivity index (χ4v) is 2.11. The predicted molar refractivity (Wildman–Crippen MR) is 64.7 cm³/mol. The molecule has 0 aliphatic heterocycles. The lowest BCUT2D eigenvalue weighted by Gasteiger charge is -1.97. The van der Waals surface area contributed by atoms with Gasteiger partial charge in [0.25, 0.3) is 5.82 Å². The van der Waals surface area contributed by atoms with Crippen molar-refractivity contribution in [1.82, 2.24) is 19.7 Å². The van der Waals surface area contributed by atoms with Gasteiger partial charge in [0.2, 0.25) is 0 Å². The van der Waals surface area contributed by atoms with Crippen molar-refractivity contribution in [3.8, 4) is 6.07 Å². The van der Waals surface area contributed by atoms with E-state index in [2.05, 4.69) is 27.3 Å². The maximum Gasteiger partial charge on any atom is 0.252 e. The van der Waals surface area contributed by atoms with Gasteiger partial charge in [0, 0.05) is 17.6 Å². The largest absolute Gasteiger partial charge is 0.362 e. The highest BCUT2D eigenvalue weighted by atomic mass is 32.1. The number of thiazole rings is 1. The zero-order valence-electron chi connectivity index (χ0n) is 9.42. The molecule has 0 saturated heterocycles. The highest BCUT2D eigenvalue weighted by molar-refractivity contribution is 7.15. The van der Waals surface area contributed by atoms with Crippen LogP contribution in [-0.4, -0.2) is 26.3 Å². The lowest BCUT2D eigenvalue weighted by Crippen LogP contribution is -1.98. The summed E-state index contributed by atoms with van der Waals surface area (Å²) in [7, 11) is 0. The first-order valence-corrected chi connectivity index (χ1v) is 6.11. The van der Waals surface area contributed by atoms with Gasteiger partial charge in [-0.05, 0) is 6.42 Å². The van der Waals surface area contributed by atoms with E-state index >= 15 is 0 Å². The molecule has 7 heteroatoms. The van der Waals surface area contributed by atoms with E-state index in [0.717, 1.165) is 23.0 Å². The summed E-state index contributed by atoms with van der Waals surface area (Å²) < 4.78 is 1.63. The van der Waals surface area contributed by atoms with Crippen molar-refractivity contribution in [3.05, 3.63) is 23.2 Å². The molecule has 2 heterocycles. The van der Waals surface area contributed by atoms with Crippen LogP contribution in [0, 0.1) is 11.3 Å². The smallest absolute Gasteiger partial charge is 0.252 e. The van der Waals surface area contributed by atoms with E-state index in [1.54, 1.807) is 22.3 Å². The zero-order chi connectivity index (χ0) is 12.1. The van der Waals surface area contributed by atoms with Gasteiger partial charge < -0.3 is 5.32 Å². The summed E-state index contributed by atoms with van der Waals surface area (Å²) in [4.78, 5) is 9.19. The van der Waals surface area contributed by atoms with Gasteiger partial charge in [-0.3, -0.25) is 0 Å². The zero-order valence-corrected chi connectivity index (χ0v) is 10.2. The van der Waals surface area contributed by atoms with Crippen molar-refractivity contribution < 1.29 is 0 Å². The van der Waals surface area contributed by atoms with E-state index in [1.807, 2.05) is 12.3 Å². The van der Waals surface area contributed by atoms with E-state index in [9.17, 15) is 0 Å². The Hall–Kier alpha value is -1.94. The molecule has 1 N–H and O–H groups in total. The van der Waals surface area contributed by atoms with Crippen LogP contribution in [0.4, 0.5) is 5.13 Å². The molecule has 0 aliphatic carbocycles. The Labute approximate surface area is 103 Å². The lowest BCUT2D eigenvalue weighted by atomic mass is 10.5. The summed E-state index contributed by atoms with van der Waals surface area (Å²) in [5.41, 5.74) is 0. The Kier molecular flexibility index (Phi) is 3.67. The number of rotatable bonds is 5.